The van der Waals surface area contributed by atoms with Gasteiger partial charge in [0.25, 0.3) is 5.91 Å². The summed E-state index contributed by atoms with van der Waals surface area (Å²) in [5.74, 6) is -0.918. The van der Waals surface area contributed by atoms with E-state index in [0.29, 0.717) is 12.1 Å². The molecule has 26 heavy (non-hydrogen) atoms. The molecule has 0 radical (unpaired) electrons. The molecule has 11 heteroatoms. The van der Waals surface area contributed by atoms with E-state index in [2.05, 4.69) is 16.6 Å². The van der Waals surface area contributed by atoms with Gasteiger partial charge in [-0.05, 0) is 24.6 Å². The molecule has 0 saturated carbocycles. The molecule has 1 rings (SSSR count). The molecule has 0 aromatic heterocycles. The van der Waals surface area contributed by atoms with Gasteiger partial charge >= 0.3 is 16.4 Å². The number of carbonyl (C=O) groups excluding carboxylic acids is 1. The van der Waals surface area contributed by atoms with Crippen molar-refractivity contribution in [2.24, 2.45) is 0 Å². The first kappa shape index (κ1) is 21.5. The Morgan fingerprint density at radius 3 is 2.46 bits per heavy atom. The summed E-state index contributed by atoms with van der Waals surface area (Å²) in [6, 6.07) is 3.86. The maximum atomic E-state index is 12.9. The first-order valence-electron chi connectivity index (χ1n) is 7.16. The van der Waals surface area contributed by atoms with Crippen LogP contribution >= 0.6 is 0 Å². The van der Waals surface area contributed by atoms with Crippen molar-refractivity contribution in [2.75, 3.05) is 25.4 Å². The maximum absolute atomic E-state index is 12.9. The molecule has 0 bridgehead atoms. The molecule has 0 unspecified atom stereocenters. The number of anilines is 1. The summed E-state index contributed by atoms with van der Waals surface area (Å²) in [6.07, 6.45) is -4.59. The van der Waals surface area contributed by atoms with Gasteiger partial charge in [-0.2, -0.15) is 31.2 Å². The molecule has 1 aromatic carbocycles. The highest BCUT2D eigenvalue weighted by Crippen LogP contribution is 2.32. The van der Waals surface area contributed by atoms with E-state index < -0.39 is 33.4 Å². The Morgan fingerprint density at radius 2 is 1.96 bits per heavy atom. The van der Waals surface area contributed by atoms with Gasteiger partial charge in [0.1, 0.15) is 0 Å². The largest absolute Gasteiger partial charge is 0.416 e. The zero-order chi connectivity index (χ0) is 20.1. The normalized spacial score (nSPS) is 11.7. The van der Waals surface area contributed by atoms with Gasteiger partial charge in [0.05, 0.1) is 22.9 Å². The van der Waals surface area contributed by atoms with E-state index in [1.807, 2.05) is 0 Å². The van der Waals surface area contributed by atoms with Crippen LogP contribution in [0.3, 0.4) is 0 Å². The molecule has 0 heterocycles. The summed E-state index contributed by atoms with van der Waals surface area (Å²) in [7, 11) is -1.58. The van der Waals surface area contributed by atoms with Gasteiger partial charge in [0.15, 0.2) is 0 Å². The highest BCUT2D eigenvalue weighted by molar-refractivity contribution is 7.90. The summed E-state index contributed by atoms with van der Waals surface area (Å²) in [4.78, 5) is 12.2. The number of carbonyl (C=O) groups is 1. The predicted octanol–water partition coefficient (Wildman–Crippen LogP) is 2.12. The van der Waals surface area contributed by atoms with E-state index >= 15 is 0 Å². The van der Waals surface area contributed by atoms with Gasteiger partial charge in [-0.15, -0.1) is 0 Å². The fourth-order valence-corrected chi connectivity index (χ4v) is 2.34. The molecule has 0 spiro atoms. The van der Waals surface area contributed by atoms with Crippen molar-refractivity contribution in [3.8, 4) is 6.07 Å². The molecule has 142 valence electrons. The second-order valence-electron chi connectivity index (χ2n) is 5.37. The Hall–Kier alpha value is -2.58. The molecule has 0 atom stereocenters. The number of nitriles is 1. The van der Waals surface area contributed by atoms with Crippen LogP contribution in [0.25, 0.3) is 0 Å². The van der Waals surface area contributed by atoms with Crippen LogP contribution in [0.15, 0.2) is 30.4 Å². The Balaban J connectivity index is 3.20. The zero-order valence-corrected chi connectivity index (χ0v) is 14.8. The minimum absolute atomic E-state index is 0.0403. The summed E-state index contributed by atoms with van der Waals surface area (Å²) in [5.41, 5.74) is -1.71. The van der Waals surface area contributed by atoms with E-state index in [4.69, 9.17) is 5.26 Å². The average molecular weight is 390 g/mol. The second kappa shape index (κ2) is 8.20. The number of nitrogens with one attached hydrogen (secondary N) is 2. The third-order valence-electron chi connectivity index (χ3n) is 3.18. The van der Waals surface area contributed by atoms with Gasteiger partial charge in [-0.25, -0.2) is 0 Å². The molecular weight excluding hydrogens is 373 g/mol. The topological polar surface area (TPSA) is 102 Å². The van der Waals surface area contributed by atoms with Gasteiger partial charge in [0.2, 0.25) is 0 Å². The van der Waals surface area contributed by atoms with Crippen LogP contribution in [0.1, 0.15) is 22.3 Å². The Labute approximate surface area is 149 Å². The van der Waals surface area contributed by atoms with E-state index in [-0.39, 0.29) is 24.2 Å². The smallest absolute Gasteiger partial charge is 0.352 e. The van der Waals surface area contributed by atoms with E-state index in [9.17, 15) is 26.4 Å². The van der Waals surface area contributed by atoms with Crippen molar-refractivity contribution in [2.45, 2.75) is 12.6 Å². The first-order valence-corrected chi connectivity index (χ1v) is 8.60. The van der Waals surface area contributed by atoms with Crippen LogP contribution in [-0.4, -0.2) is 39.3 Å². The van der Waals surface area contributed by atoms with E-state index in [0.717, 1.165) is 10.4 Å². The van der Waals surface area contributed by atoms with Crippen molar-refractivity contribution in [3.05, 3.63) is 41.5 Å². The number of benzene rings is 1. The van der Waals surface area contributed by atoms with Gasteiger partial charge < -0.3 is 5.32 Å². The monoisotopic (exact) mass is 390 g/mol. The summed E-state index contributed by atoms with van der Waals surface area (Å²) >= 11 is 0. The molecule has 0 aliphatic heterocycles. The highest BCUT2D eigenvalue weighted by Gasteiger charge is 2.32. The number of rotatable bonds is 7. The average Bonchev–Trinajstić information content (AvgIpc) is 2.53. The molecule has 2 N–H and O–H groups in total. The van der Waals surface area contributed by atoms with E-state index in [1.54, 1.807) is 6.07 Å². The summed E-state index contributed by atoms with van der Waals surface area (Å²) in [6.45, 7) is 3.38. The Bertz CT molecular complexity index is 843. The fourth-order valence-electron chi connectivity index (χ4n) is 1.71. The second-order valence-corrected chi connectivity index (χ2v) is 7.25. The van der Waals surface area contributed by atoms with Crippen LogP contribution in [-0.2, 0) is 16.4 Å². The van der Waals surface area contributed by atoms with Gasteiger partial charge in [-0.1, -0.05) is 6.58 Å². The molecule has 1 aromatic rings. The summed E-state index contributed by atoms with van der Waals surface area (Å²) < 4.78 is 65.4. The number of alkyl halides is 3. The summed E-state index contributed by atoms with van der Waals surface area (Å²) in [5, 5.41) is 10.9. The number of hydrogen-bond donors (Lipinski definition) is 2. The lowest BCUT2D eigenvalue weighted by Crippen LogP contribution is -2.31. The highest BCUT2D eigenvalue weighted by atomic mass is 32.2. The van der Waals surface area contributed by atoms with E-state index in [1.165, 1.54) is 14.1 Å². The number of amides is 1. The molecule has 7 nitrogen and oxygen atoms in total. The lowest BCUT2D eigenvalue weighted by atomic mass is 10.1. The number of nitrogens with zero attached hydrogens (tertiary/aromatic N) is 2. The SMILES string of the molecule is C=C(C#N)CCNC(=O)c1cc(C(F)(F)F)ccc1NS(=O)(=O)N(C)C. The number of halogens is 3. The maximum Gasteiger partial charge on any atom is 0.416 e. The molecule has 0 aliphatic rings. The third kappa shape index (κ3) is 5.75. The number of hydrogen-bond acceptors (Lipinski definition) is 4. The Kier molecular flexibility index (Phi) is 6.77. The molecular formula is C15H17F3N4O3S. The third-order valence-corrected chi connectivity index (χ3v) is 4.62. The molecule has 1 amide bonds. The lowest BCUT2D eigenvalue weighted by molar-refractivity contribution is -0.137. The fraction of sp³-hybridized carbons (Fsp3) is 0.333. The first-order chi connectivity index (χ1) is 11.9. The predicted molar refractivity (Wildman–Crippen MR) is 89.4 cm³/mol. The van der Waals surface area contributed by atoms with Crippen LogP contribution in [0, 0.1) is 11.3 Å². The van der Waals surface area contributed by atoms with Gasteiger partial charge in [0, 0.05) is 26.2 Å². The quantitative estimate of drug-likeness (QED) is 0.696. The van der Waals surface area contributed by atoms with Gasteiger partial charge in [-0.3, -0.25) is 9.52 Å². The standard InChI is InChI=1S/C15H17F3N4O3S/c1-10(9-19)6-7-20-14(23)12-8-11(15(16,17)18)4-5-13(12)21-26(24,25)22(2)3/h4-5,8,21H,1,6-7H2,2-3H3,(H,20,23). The minimum Gasteiger partial charge on any atom is -0.352 e. The molecule has 0 fully saturated rings. The van der Waals surface area contributed by atoms with Crippen LogP contribution in [0.5, 0.6) is 0 Å². The van der Waals surface area contributed by atoms with Crippen molar-refractivity contribution < 1.29 is 26.4 Å². The Morgan fingerprint density at radius 1 is 1.35 bits per heavy atom. The molecule has 0 aliphatic carbocycles. The zero-order valence-electron chi connectivity index (χ0n) is 14.0. The van der Waals surface area contributed by atoms with Crippen LogP contribution in [0.2, 0.25) is 0 Å². The van der Waals surface area contributed by atoms with Crippen molar-refractivity contribution in [1.29, 1.82) is 5.26 Å². The van der Waals surface area contributed by atoms with Crippen molar-refractivity contribution in [3.63, 3.8) is 0 Å². The molecule has 0 saturated heterocycles. The van der Waals surface area contributed by atoms with Crippen molar-refractivity contribution in [1.82, 2.24) is 9.62 Å². The van der Waals surface area contributed by atoms with Crippen LogP contribution in [0.4, 0.5) is 18.9 Å². The minimum atomic E-state index is -4.71. The van der Waals surface area contributed by atoms with Crippen LogP contribution < -0.4 is 10.0 Å². The lowest BCUT2D eigenvalue weighted by Gasteiger charge is -2.17. The van der Waals surface area contributed by atoms with Crippen molar-refractivity contribution >= 4 is 21.8 Å².